The molecule has 0 amide bonds. The fourth-order valence-corrected chi connectivity index (χ4v) is 2.86. The molecule has 0 spiro atoms. The molecule has 0 bridgehead atoms. The zero-order chi connectivity index (χ0) is 20.1. The van der Waals surface area contributed by atoms with E-state index in [0.717, 1.165) is 10.2 Å². The van der Waals surface area contributed by atoms with Crippen LogP contribution in [-0.4, -0.2) is 21.2 Å². The van der Waals surface area contributed by atoms with E-state index in [1.165, 1.54) is 42.6 Å². The molecule has 144 valence electrons. The van der Waals surface area contributed by atoms with Crippen LogP contribution in [0.3, 0.4) is 0 Å². The first-order chi connectivity index (χ1) is 13.5. The monoisotopic (exact) mass is 402 g/mol. The third-order valence-corrected chi connectivity index (χ3v) is 4.44. The van der Waals surface area contributed by atoms with E-state index >= 15 is 0 Å². The molecule has 2 aromatic carbocycles. The molecule has 0 aliphatic rings. The molecule has 9 heteroatoms. The van der Waals surface area contributed by atoms with Crippen LogP contribution in [0.15, 0.2) is 59.5 Å². The van der Waals surface area contributed by atoms with Gasteiger partial charge < -0.3 is 5.32 Å². The largest absolute Gasteiger partial charge is 0.382 e. The summed E-state index contributed by atoms with van der Waals surface area (Å²) in [5.74, 6) is -0.271. The van der Waals surface area contributed by atoms with Gasteiger partial charge in [0, 0.05) is 18.7 Å². The molecule has 0 saturated heterocycles. The molecular weight excluding hydrogens is 387 g/mol. The van der Waals surface area contributed by atoms with Crippen LogP contribution in [0, 0.1) is 15.9 Å². The van der Waals surface area contributed by atoms with Gasteiger partial charge in [0.15, 0.2) is 0 Å². The van der Waals surface area contributed by atoms with Crippen molar-refractivity contribution in [3.8, 4) is 5.69 Å². The molecule has 0 saturated carbocycles. The van der Waals surface area contributed by atoms with Crippen molar-refractivity contribution >= 4 is 23.0 Å². The number of nitro benzene ring substituents is 1. The minimum Gasteiger partial charge on any atom is -0.382 e. The van der Waals surface area contributed by atoms with E-state index in [-0.39, 0.29) is 16.5 Å². The molecule has 3 rings (SSSR count). The number of anilines is 1. The summed E-state index contributed by atoms with van der Waals surface area (Å²) in [6, 6.07) is 11.8. The van der Waals surface area contributed by atoms with Gasteiger partial charge in [0.1, 0.15) is 10.8 Å². The van der Waals surface area contributed by atoms with Crippen molar-refractivity contribution < 1.29 is 9.31 Å². The van der Waals surface area contributed by atoms with Crippen molar-refractivity contribution in [2.75, 3.05) is 11.9 Å². The van der Waals surface area contributed by atoms with Crippen LogP contribution >= 0.6 is 11.6 Å². The van der Waals surface area contributed by atoms with Gasteiger partial charge in [0.05, 0.1) is 22.5 Å². The summed E-state index contributed by atoms with van der Waals surface area (Å²) in [4.78, 5) is 22.6. The van der Waals surface area contributed by atoms with E-state index in [9.17, 15) is 19.3 Å². The standard InChI is InChI=1S/C19H16ClFN4O3/c20-18-17(22-10-2-4-13-3-1-5-14(21)11-13)12-23-24(19(18)26)15-6-8-16(9-7-15)25(27)28/h1,3,5-9,11-12,22H,2,4,10H2. The van der Waals surface area contributed by atoms with Gasteiger partial charge in [-0.25, -0.2) is 4.39 Å². The second kappa shape index (κ2) is 8.62. The minimum absolute atomic E-state index is 0.0286. The lowest BCUT2D eigenvalue weighted by molar-refractivity contribution is -0.384. The molecule has 28 heavy (non-hydrogen) atoms. The van der Waals surface area contributed by atoms with Gasteiger partial charge in [0.2, 0.25) is 0 Å². The Morgan fingerprint density at radius 3 is 2.64 bits per heavy atom. The van der Waals surface area contributed by atoms with E-state index in [2.05, 4.69) is 10.4 Å². The highest BCUT2D eigenvalue weighted by Crippen LogP contribution is 2.18. The number of hydrogen-bond acceptors (Lipinski definition) is 5. The Labute approximate surface area is 164 Å². The number of aromatic nitrogens is 2. The van der Waals surface area contributed by atoms with Crippen LogP contribution < -0.4 is 10.9 Å². The number of benzene rings is 2. The predicted molar refractivity (Wildman–Crippen MR) is 105 cm³/mol. The fourth-order valence-electron chi connectivity index (χ4n) is 2.66. The summed E-state index contributed by atoms with van der Waals surface area (Å²) in [7, 11) is 0. The number of halogens is 2. The maximum absolute atomic E-state index is 13.2. The Morgan fingerprint density at radius 1 is 1.21 bits per heavy atom. The smallest absolute Gasteiger partial charge is 0.292 e. The van der Waals surface area contributed by atoms with Crippen molar-refractivity contribution in [1.29, 1.82) is 0 Å². The highest BCUT2D eigenvalue weighted by atomic mass is 35.5. The summed E-state index contributed by atoms with van der Waals surface area (Å²) < 4.78 is 14.2. The maximum Gasteiger partial charge on any atom is 0.292 e. The molecule has 3 aromatic rings. The molecular formula is C19H16ClFN4O3. The molecule has 0 atom stereocenters. The average molecular weight is 403 g/mol. The van der Waals surface area contributed by atoms with Gasteiger partial charge in [-0.3, -0.25) is 14.9 Å². The van der Waals surface area contributed by atoms with Crippen LogP contribution in [-0.2, 0) is 6.42 Å². The number of rotatable bonds is 7. The van der Waals surface area contributed by atoms with Crippen LogP contribution in [0.1, 0.15) is 12.0 Å². The highest BCUT2D eigenvalue weighted by molar-refractivity contribution is 6.32. The Balaban J connectivity index is 1.66. The number of hydrogen-bond donors (Lipinski definition) is 1. The summed E-state index contributed by atoms with van der Waals surface area (Å²) in [5, 5.41) is 17.8. The molecule has 0 fully saturated rings. The summed E-state index contributed by atoms with van der Waals surface area (Å²) in [5.41, 5.74) is 1.03. The Hall–Kier alpha value is -3.26. The number of non-ortho nitro benzene ring substituents is 1. The van der Waals surface area contributed by atoms with Crippen molar-refractivity contribution in [3.05, 3.63) is 91.6 Å². The van der Waals surface area contributed by atoms with E-state index in [4.69, 9.17) is 11.6 Å². The van der Waals surface area contributed by atoms with Crippen molar-refractivity contribution in [1.82, 2.24) is 9.78 Å². The van der Waals surface area contributed by atoms with Crippen LogP contribution in [0.25, 0.3) is 5.69 Å². The van der Waals surface area contributed by atoms with Crippen LogP contribution in [0.4, 0.5) is 15.8 Å². The van der Waals surface area contributed by atoms with E-state index in [1.54, 1.807) is 6.07 Å². The molecule has 1 N–H and O–H groups in total. The topological polar surface area (TPSA) is 90.1 Å². The van der Waals surface area contributed by atoms with Crippen molar-refractivity contribution in [2.24, 2.45) is 0 Å². The van der Waals surface area contributed by atoms with Gasteiger partial charge in [-0.15, -0.1) is 0 Å². The van der Waals surface area contributed by atoms with Gasteiger partial charge in [-0.05, 0) is 42.7 Å². The minimum atomic E-state index is -0.536. The van der Waals surface area contributed by atoms with Gasteiger partial charge in [0.25, 0.3) is 11.2 Å². The number of nitrogens with one attached hydrogen (secondary N) is 1. The summed E-state index contributed by atoms with van der Waals surface area (Å²) >= 11 is 6.15. The SMILES string of the molecule is O=c1c(Cl)c(NCCCc2cccc(F)c2)cnn1-c1ccc([N+](=O)[O-])cc1. The second-order valence-electron chi connectivity index (χ2n) is 6.02. The molecule has 0 aliphatic heterocycles. The van der Waals surface area contributed by atoms with E-state index in [1.807, 2.05) is 6.07 Å². The molecule has 1 heterocycles. The Kier molecular flexibility index (Phi) is 6.00. The third kappa shape index (κ3) is 4.52. The van der Waals surface area contributed by atoms with Crippen molar-refractivity contribution in [3.63, 3.8) is 0 Å². The normalized spacial score (nSPS) is 10.6. The fraction of sp³-hybridized carbons (Fsp3) is 0.158. The highest BCUT2D eigenvalue weighted by Gasteiger charge is 2.12. The van der Waals surface area contributed by atoms with Gasteiger partial charge >= 0.3 is 0 Å². The predicted octanol–water partition coefficient (Wildman–Crippen LogP) is 3.98. The second-order valence-corrected chi connectivity index (χ2v) is 6.40. The van der Waals surface area contributed by atoms with Crippen LogP contribution in [0.2, 0.25) is 5.02 Å². The molecule has 7 nitrogen and oxygen atoms in total. The molecule has 0 radical (unpaired) electrons. The first-order valence-electron chi connectivity index (χ1n) is 8.46. The third-order valence-electron chi connectivity index (χ3n) is 4.07. The first-order valence-corrected chi connectivity index (χ1v) is 8.84. The molecule has 1 aromatic heterocycles. The lowest BCUT2D eigenvalue weighted by Gasteiger charge is -2.10. The van der Waals surface area contributed by atoms with E-state index < -0.39 is 10.5 Å². The Bertz CT molecular complexity index is 1050. The number of nitrogens with zero attached hydrogens (tertiary/aromatic N) is 3. The number of nitro groups is 1. The van der Waals surface area contributed by atoms with Gasteiger partial charge in [-0.2, -0.15) is 9.78 Å². The van der Waals surface area contributed by atoms with E-state index in [0.29, 0.717) is 30.8 Å². The Morgan fingerprint density at radius 2 is 1.96 bits per heavy atom. The first kappa shape index (κ1) is 19.5. The van der Waals surface area contributed by atoms with Crippen molar-refractivity contribution in [2.45, 2.75) is 12.8 Å². The van der Waals surface area contributed by atoms with Crippen LogP contribution in [0.5, 0.6) is 0 Å². The quantitative estimate of drug-likeness (QED) is 0.367. The zero-order valence-electron chi connectivity index (χ0n) is 14.6. The summed E-state index contributed by atoms with van der Waals surface area (Å²) in [6.45, 7) is 0.527. The maximum atomic E-state index is 13.2. The average Bonchev–Trinajstić information content (AvgIpc) is 2.68. The van der Waals surface area contributed by atoms with Gasteiger partial charge in [-0.1, -0.05) is 23.7 Å². The molecule has 0 aliphatic carbocycles. The molecule has 0 unspecified atom stereocenters. The zero-order valence-corrected chi connectivity index (χ0v) is 15.4. The number of aryl methyl sites for hydroxylation is 1. The lowest BCUT2D eigenvalue weighted by atomic mass is 10.1. The lowest BCUT2D eigenvalue weighted by Crippen LogP contribution is -2.23. The summed E-state index contributed by atoms with van der Waals surface area (Å²) in [6.07, 6.45) is 2.81.